The predicted octanol–water partition coefficient (Wildman–Crippen LogP) is 0.399. The molecule has 1 aliphatic rings. The van der Waals surface area contributed by atoms with Gasteiger partial charge >= 0.3 is 0 Å². The van der Waals surface area contributed by atoms with E-state index in [4.69, 9.17) is 0 Å². The van der Waals surface area contributed by atoms with Crippen LogP contribution in [-0.4, -0.2) is 25.2 Å². The normalized spacial score (nSPS) is 37.1. The van der Waals surface area contributed by atoms with Crippen LogP contribution in [0.2, 0.25) is 0 Å². The van der Waals surface area contributed by atoms with Crippen LogP contribution in [0.1, 0.15) is 20.3 Å². The summed E-state index contributed by atoms with van der Waals surface area (Å²) in [6.45, 7) is 3.27. The van der Waals surface area contributed by atoms with Gasteiger partial charge < -0.3 is 0 Å². The Kier molecular flexibility index (Phi) is 2.05. The van der Waals surface area contributed by atoms with Gasteiger partial charge in [-0.15, -0.1) is 0 Å². The molecule has 11 heavy (non-hydrogen) atoms. The zero-order valence-electron chi connectivity index (χ0n) is 6.70. The lowest BCUT2D eigenvalue weighted by Gasteiger charge is -2.22. The highest BCUT2D eigenvalue weighted by atomic mass is 32.2. The van der Waals surface area contributed by atoms with E-state index in [0.717, 1.165) is 0 Å². The largest absolute Gasteiger partial charge is 0.299 e. The average Bonchev–Trinajstić information content (AvgIpc) is 1.83. The van der Waals surface area contributed by atoms with Crippen molar-refractivity contribution in [2.24, 2.45) is 5.92 Å². The maximum Gasteiger partial charge on any atom is 0.154 e. The Balaban J connectivity index is 2.88. The Hall–Kier alpha value is -0.380. The summed E-state index contributed by atoms with van der Waals surface area (Å²) in [5.41, 5.74) is 0. The molecular formula is C7H12O3S. The van der Waals surface area contributed by atoms with Crippen molar-refractivity contribution in [2.75, 3.05) is 5.75 Å². The summed E-state index contributed by atoms with van der Waals surface area (Å²) < 4.78 is 22.4. The molecule has 64 valence electrons. The van der Waals surface area contributed by atoms with E-state index in [1.165, 1.54) is 0 Å². The first-order valence-electron chi connectivity index (χ1n) is 3.68. The van der Waals surface area contributed by atoms with Crippen LogP contribution in [0.5, 0.6) is 0 Å². The van der Waals surface area contributed by atoms with Crippen LogP contribution in [0.25, 0.3) is 0 Å². The van der Waals surface area contributed by atoms with Gasteiger partial charge in [-0.25, -0.2) is 8.42 Å². The van der Waals surface area contributed by atoms with Crippen LogP contribution in [0.4, 0.5) is 0 Å². The van der Waals surface area contributed by atoms with Crippen molar-refractivity contribution in [1.29, 1.82) is 0 Å². The minimum absolute atomic E-state index is 0.0347. The summed E-state index contributed by atoms with van der Waals surface area (Å²) in [6, 6.07) is 0. The van der Waals surface area contributed by atoms with Gasteiger partial charge in [0.25, 0.3) is 0 Å². The summed E-state index contributed by atoms with van der Waals surface area (Å²) in [5.74, 6) is -0.184. The predicted molar refractivity (Wildman–Crippen MR) is 42.0 cm³/mol. The average molecular weight is 176 g/mol. The molecule has 0 aliphatic carbocycles. The highest BCUT2D eigenvalue weighted by Gasteiger charge is 2.34. The molecule has 1 fully saturated rings. The highest BCUT2D eigenvalue weighted by molar-refractivity contribution is 7.92. The van der Waals surface area contributed by atoms with Crippen molar-refractivity contribution in [3.8, 4) is 0 Å². The molecule has 0 radical (unpaired) electrons. The third-order valence-corrected chi connectivity index (χ3v) is 4.49. The van der Waals surface area contributed by atoms with Crippen molar-refractivity contribution in [2.45, 2.75) is 25.5 Å². The van der Waals surface area contributed by atoms with Gasteiger partial charge in [-0.2, -0.15) is 0 Å². The molecule has 1 aliphatic heterocycles. The quantitative estimate of drug-likeness (QED) is 0.536. The number of Topliss-reactive ketones (excluding diaryl/α,β-unsaturated/α-hetero) is 1. The lowest BCUT2D eigenvalue weighted by Crippen LogP contribution is -2.36. The zero-order valence-corrected chi connectivity index (χ0v) is 7.52. The molecule has 1 heterocycles. The molecule has 2 atom stereocenters. The Morgan fingerprint density at radius 3 is 2.36 bits per heavy atom. The number of hydrogen-bond donors (Lipinski definition) is 0. The van der Waals surface area contributed by atoms with E-state index in [0.29, 0.717) is 0 Å². The molecule has 0 amide bonds. The van der Waals surface area contributed by atoms with E-state index in [1.54, 1.807) is 13.8 Å². The molecule has 0 aromatic heterocycles. The van der Waals surface area contributed by atoms with E-state index in [-0.39, 0.29) is 23.9 Å². The van der Waals surface area contributed by atoms with Gasteiger partial charge in [0.15, 0.2) is 9.84 Å². The smallest absolute Gasteiger partial charge is 0.154 e. The number of carbonyl (C=O) groups is 1. The first-order valence-corrected chi connectivity index (χ1v) is 5.39. The third kappa shape index (κ3) is 1.61. The molecule has 2 unspecified atom stereocenters. The molecule has 4 heteroatoms. The van der Waals surface area contributed by atoms with E-state index in [2.05, 4.69) is 0 Å². The van der Waals surface area contributed by atoms with Gasteiger partial charge in [0, 0.05) is 12.3 Å². The highest BCUT2D eigenvalue weighted by Crippen LogP contribution is 2.20. The number of hydrogen-bond acceptors (Lipinski definition) is 3. The van der Waals surface area contributed by atoms with Crippen molar-refractivity contribution in [3.05, 3.63) is 0 Å². The van der Waals surface area contributed by atoms with Gasteiger partial charge in [-0.05, 0) is 6.92 Å². The number of carbonyl (C=O) groups excluding carboxylic acids is 1. The van der Waals surface area contributed by atoms with Gasteiger partial charge in [-0.3, -0.25) is 4.79 Å². The fourth-order valence-corrected chi connectivity index (χ4v) is 2.85. The second kappa shape index (κ2) is 2.59. The van der Waals surface area contributed by atoms with Crippen LogP contribution in [0, 0.1) is 5.92 Å². The van der Waals surface area contributed by atoms with Crippen molar-refractivity contribution < 1.29 is 13.2 Å². The topological polar surface area (TPSA) is 51.2 Å². The van der Waals surface area contributed by atoms with Crippen LogP contribution >= 0.6 is 0 Å². The summed E-state index contributed by atoms with van der Waals surface area (Å²) in [7, 11) is -2.96. The van der Waals surface area contributed by atoms with Gasteiger partial charge in [-0.1, -0.05) is 6.92 Å². The molecule has 0 aromatic carbocycles. The lowest BCUT2D eigenvalue weighted by molar-refractivity contribution is -0.122. The molecule has 3 nitrogen and oxygen atoms in total. The van der Waals surface area contributed by atoms with Crippen LogP contribution < -0.4 is 0 Å². The third-order valence-electron chi connectivity index (χ3n) is 2.13. The Morgan fingerprint density at radius 1 is 1.36 bits per heavy atom. The van der Waals surface area contributed by atoms with E-state index in [9.17, 15) is 13.2 Å². The van der Waals surface area contributed by atoms with Crippen molar-refractivity contribution >= 4 is 15.6 Å². The first kappa shape index (κ1) is 8.71. The zero-order chi connectivity index (χ0) is 8.65. The SMILES string of the molecule is CC1CS(=O)(=O)C(C)CC1=O. The molecule has 1 saturated heterocycles. The minimum Gasteiger partial charge on any atom is -0.299 e. The summed E-state index contributed by atoms with van der Waals surface area (Å²) >= 11 is 0. The van der Waals surface area contributed by atoms with Gasteiger partial charge in [0.1, 0.15) is 5.78 Å². The van der Waals surface area contributed by atoms with E-state index >= 15 is 0 Å². The number of sulfone groups is 1. The minimum atomic E-state index is -2.96. The second-order valence-corrected chi connectivity index (χ2v) is 5.68. The Labute approximate surface area is 66.7 Å². The van der Waals surface area contributed by atoms with Crippen molar-refractivity contribution in [1.82, 2.24) is 0 Å². The maximum atomic E-state index is 11.2. The molecule has 0 saturated carbocycles. The number of ketones is 1. The summed E-state index contributed by atoms with van der Waals surface area (Å²) in [5, 5.41) is -0.466. The Bertz CT molecular complexity index is 265. The second-order valence-electron chi connectivity index (χ2n) is 3.21. The fourth-order valence-electron chi connectivity index (χ4n) is 1.22. The Morgan fingerprint density at radius 2 is 1.91 bits per heavy atom. The molecule has 0 spiro atoms. The fraction of sp³-hybridized carbons (Fsp3) is 0.857. The first-order chi connectivity index (χ1) is 4.93. The molecule has 0 bridgehead atoms. The molecule has 1 rings (SSSR count). The molecule has 0 N–H and O–H groups in total. The summed E-state index contributed by atoms with van der Waals surface area (Å²) in [6.07, 6.45) is 0.198. The summed E-state index contributed by atoms with van der Waals surface area (Å²) in [4.78, 5) is 11.0. The number of rotatable bonds is 0. The van der Waals surface area contributed by atoms with E-state index < -0.39 is 15.1 Å². The maximum absolute atomic E-state index is 11.2. The van der Waals surface area contributed by atoms with Crippen LogP contribution in [0.3, 0.4) is 0 Å². The monoisotopic (exact) mass is 176 g/mol. The van der Waals surface area contributed by atoms with Crippen LogP contribution in [-0.2, 0) is 14.6 Å². The van der Waals surface area contributed by atoms with Gasteiger partial charge in [0.2, 0.25) is 0 Å². The van der Waals surface area contributed by atoms with Crippen LogP contribution in [0.15, 0.2) is 0 Å². The lowest BCUT2D eigenvalue weighted by atomic mass is 10.0. The van der Waals surface area contributed by atoms with Crippen molar-refractivity contribution in [3.63, 3.8) is 0 Å². The van der Waals surface area contributed by atoms with Gasteiger partial charge in [0.05, 0.1) is 11.0 Å². The standard InChI is InChI=1S/C7H12O3S/c1-5-4-11(9,10)6(2)3-7(5)8/h5-6H,3-4H2,1-2H3. The molecular weight excluding hydrogens is 164 g/mol. The molecule has 0 aromatic rings. The van der Waals surface area contributed by atoms with E-state index in [1.807, 2.05) is 0 Å².